The minimum Gasteiger partial charge on any atom is -0.378 e. The third-order valence-electron chi connectivity index (χ3n) is 4.00. The number of amides is 1. The Labute approximate surface area is 178 Å². The summed E-state index contributed by atoms with van der Waals surface area (Å²) in [4.78, 5) is 14.3. The van der Waals surface area contributed by atoms with Gasteiger partial charge in [-0.05, 0) is 18.6 Å². The number of nitrogens with one attached hydrogen (secondary N) is 1. The van der Waals surface area contributed by atoms with Gasteiger partial charge in [-0.1, -0.05) is 48.2 Å². The van der Waals surface area contributed by atoms with Crippen LogP contribution in [0.5, 0.6) is 0 Å². The van der Waals surface area contributed by atoms with Gasteiger partial charge in [0.05, 0.1) is 5.75 Å². The number of carbonyl (C=O) groups is 1. The van der Waals surface area contributed by atoms with Crippen LogP contribution in [0, 0.1) is 0 Å². The third-order valence-corrected chi connectivity index (χ3v) is 5.95. The Bertz CT molecular complexity index is 996. The van der Waals surface area contributed by atoms with Crippen LogP contribution in [0.2, 0.25) is 0 Å². The number of aromatic nitrogens is 5. The largest absolute Gasteiger partial charge is 0.378 e. The molecule has 0 saturated carbocycles. The molecule has 0 bridgehead atoms. The molecule has 0 spiro atoms. The first-order valence-electron chi connectivity index (χ1n) is 9.08. The molecule has 0 saturated heterocycles. The van der Waals surface area contributed by atoms with E-state index in [4.69, 9.17) is 0 Å². The minimum absolute atomic E-state index is 0.155. The van der Waals surface area contributed by atoms with E-state index >= 15 is 0 Å². The van der Waals surface area contributed by atoms with Crippen molar-refractivity contribution in [2.24, 2.45) is 0 Å². The SMILES string of the molecule is C=CCn1c(SCC(=O)Nc2nnc(CC)s2)nnc1-c1cccc(N(C)C)c1. The van der Waals surface area contributed by atoms with Crippen molar-refractivity contribution < 1.29 is 4.79 Å². The maximum atomic E-state index is 12.3. The fourth-order valence-electron chi connectivity index (χ4n) is 2.56. The lowest BCUT2D eigenvalue weighted by atomic mass is 10.2. The van der Waals surface area contributed by atoms with Gasteiger partial charge in [-0.2, -0.15) is 0 Å². The predicted octanol–water partition coefficient (Wildman–Crippen LogP) is 3.34. The van der Waals surface area contributed by atoms with E-state index in [0.717, 1.165) is 28.5 Å². The van der Waals surface area contributed by atoms with Crippen molar-refractivity contribution in [2.75, 3.05) is 30.1 Å². The first kappa shape index (κ1) is 21.0. The second-order valence-corrected chi connectivity index (χ2v) is 8.35. The molecule has 152 valence electrons. The summed E-state index contributed by atoms with van der Waals surface area (Å²) in [5.41, 5.74) is 2.04. The number of hydrogen-bond acceptors (Lipinski definition) is 8. The quantitative estimate of drug-likeness (QED) is 0.412. The molecule has 3 rings (SSSR count). The van der Waals surface area contributed by atoms with Crippen LogP contribution in [0.25, 0.3) is 11.4 Å². The van der Waals surface area contributed by atoms with Crippen molar-refractivity contribution in [1.82, 2.24) is 25.0 Å². The molecule has 0 aliphatic heterocycles. The van der Waals surface area contributed by atoms with E-state index in [9.17, 15) is 4.79 Å². The average Bonchev–Trinajstić information content (AvgIpc) is 3.33. The maximum absolute atomic E-state index is 12.3. The molecule has 8 nitrogen and oxygen atoms in total. The van der Waals surface area contributed by atoms with Crippen LogP contribution >= 0.6 is 23.1 Å². The fraction of sp³-hybridized carbons (Fsp3) is 0.316. The second kappa shape index (κ2) is 9.66. The summed E-state index contributed by atoms with van der Waals surface area (Å²) in [6.07, 6.45) is 2.59. The highest BCUT2D eigenvalue weighted by molar-refractivity contribution is 7.99. The Hall–Kier alpha value is -2.72. The molecule has 29 heavy (non-hydrogen) atoms. The van der Waals surface area contributed by atoms with Gasteiger partial charge in [0.2, 0.25) is 11.0 Å². The van der Waals surface area contributed by atoms with E-state index < -0.39 is 0 Å². The molecule has 1 amide bonds. The lowest BCUT2D eigenvalue weighted by Crippen LogP contribution is -2.14. The fourth-order valence-corrected chi connectivity index (χ4v) is 4.00. The summed E-state index contributed by atoms with van der Waals surface area (Å²) in [5.74, 6) is 0.792. The Kier molecular flexibility index (Phi) is 6.99. The van der Waals surface area contributed by atoms with Crippen molar-refractivity contribution in [2.45, 2.75) is 25.0 Å². The van der Waals surface area contributed by atoms with E-state index in [2.05, 4.69) is 38.4 Å². The number of rotatable bonds is 9. The zero-order valence-corrected chi connectivity index (χ0v) is 18.3. The zero-order valence-electron chi connectivity index (χ0n) is 16.6. The number of thioether (sulfide) groups is 1. The molecule has 0 radical (unpaired) electrons. The Morgan fingerprint density at radius 1 is 1.31 bits per heavy atom. The average molecular weight is 430 g/mol. The molecular formula is C19H23N7OS2. The lowest BCUT2D eigenvalue weighted by Gasteiger charge is -2.14. The van der Waals surface area contributed by atoms with Gasteiger partial charge in [0.1, 0.15) is 5.01 Å². The van der Waals surface area contributed by atoms with Crippen LogP contribution in [0.15, 0.2) is 42.1 Å². The monoisotopic (exact) mass is 429 g/mol. The first-order valence-corrected chi connectivity index (χ1v) is 10.9. The van der Waals surface area contributed by atoms with Crippen molar-refractivity contribution in [1.29, 1.82) is 0 Å². The standard InChI is InChI=1S/C19H23N7OS2/c1-5-10-26-17(13-8-7-9-14(11-13)25(3)4)22-24-19(26)28-12-15(27)20-18-23-21-16(6-2)29-18/h5,7-9,11H,1,6,10,12H2,2-4H3,(H,20,23,27). The van der Waals surface area contributed by atoms with Crippen LogP contribution in [-0.2, 0) is 17.8 Å². The normalized spacial score (nSPS) is 10.7. The molecule has 0 fully saturated rings. The molecule has 0 atom stereocenters. The lowest BCUT2D eigenvalue weighted by molar-refractivity contribution is -0.113. The summed E-state index contributed by atoms with van der Waals surface area (Å²) >= 11 is 2.71. The molecule has 0 aliphatic carbocycles. The third kappa shape index (κ3) is 5.21. The second-order valence-electron chi connectivity index (χ2n) is 6.34. The van der Waals surface area contributed by atoms with Gasteiger partial charge >= 0.3 is 0 Å². The van der Waals surface area contributed by atoms with Crippen LogP contribution < -0.4 is 10.2 Å². The van der Waals surface area contributed by atoms with Crippen LogP contribution in [0.3, 0.4) is 0 Å². The number of hydrogen-bond donors (Lipinski definition) is 1. The highest BCUT2D eigenvalue weighted by atomic mass is 32.2. The van der Waals surface area contributed by atoms with Crippen molar-refractivity contribution in [3.63, 3.8) is 0 Å². The van der Waals surface area contributed by atoms with Gasteiger partial charge in [0, 0.05) is 31.9 Å². The number of allylic oxidation sites excluding steroid dienone is 1. The zero-order chi connectivity index (χ0) is 20.8. The maximum Gasteiger partial charge on any atom is 0.236 e. The van der Waals surface area contributed by atoms with Crippen LogP contribution in [0.1, 0.15) is 11.9 Å². The molecule has 2 aromatic heterocycles. The number of carbonyl (C=O) groups excluding carboxylic acids is 1. The molecule has 0 aliphatic rings. The van der Waals surface area contributed by atoms with Gasteiger partial charge in [-0.15, -0.1) is 27.0 Å². The molecule has 3 aromatic rings. The highest BCUT2D eigenvalue weighted by Gasteiger charge is 2.16. The Morgan fingerprint density at radius 3 is 2.83 bits per heavy atom. The summed E-state index contributed by atoms with van der Waals surface area (Å²) in [6, 6.07) is 8.09. The molecule has 1 aromatic carbocycles. The topological polar surface area (TPSA) is 88.8 Å². The van der Waals surface area contributed by atoms with Crippen molar-refractivity contribution in [3.8, 4) is 11.4 Å². The van der Waals surface area contributed by atoms with Crippen molar-refractivity contribution in [3.05, 3.63) is 41.9 Å². The van der Waals surface area contributed by atoms with Crippen LogP contribution in [0.4, 0.5) is 10.8 Å². The Balaban J connectivity index is 1.73. The summed E-state index contributed by atoms with van der Waals surface area (Å²) < 4.78 is 1.96. The number of benzene rings is 1. The van der Waals surface area contributed by atoms with Gasteiger partial charge < -0.3 is 4.90 Å². The van der Waals surface area contributed by atoms with Gasteiger partial charge in [-0.25, -0.2) is 0 Å². The van der Waals surface area contributed by atoms with Crippen molar-refractivity contribution >= 4 is 39.8 Å². The number of nitrogens with zero attached hydrogens (tertiary/aromatic N) is 6. The summed E-state index contributed by atoms with van der Waals surface area (Å²) in [6.45, 7) is 6.38. The van der Waals surface area contributed by atoms with E-state index in [1.165, 1.54) is 23.1 Å². The van der Waals surface area contributed by atoms with Gasteiger partial charge in [0.25, 0.3) is 0 Å². The molecule has 1 N–H and O–H groups in total. The van der Waals surface area contributed by atoms with E-state index in [0.29, 0.717) is 16.8 Å². The predicted molar refractivity (Wildman–Crippen MR) is 119 cm³/mol. The molecular weight excluding hydrogens is 406 g/mol. The van der Waals surface area contributed by atoms with Gasteiger partial charge in [0.15, 0.2) is 11.0 Å². The summed E-state index contributed by atoms with van der Waals surface area (Å²) in [7, 11) is 3.99. The smallest absolute Gasteiger partial charge is 0.236 e. The van der Waals surface area contributed by atoms with Crippen LogP contribution in [-0.4, -0.2) is 50.7 Å². The van der Waals surface area contributed by atoms with E-state index in [1.54, 1.807) is 6.08 Å². The Morgan fingerprint density at radius 2 is 2.14 bits per heavy atom. The van der Waals surface area contributed by atoms with E-state index in [1.807, 2.05) is 48.7 Å². The number of anilines is 2. The highest BCUT2D eigenvalue weighted by Crippen LogP contribution is 2.27. The number of aryl methyl sites for hydroxylation is 1. The molecule has 0 unspecified atom stereocenters. The summed E-state index contributed by atoms with van der Waals surface area (Å²) in [5, 5.41) is 21.5. The van der Waals surface area contributed by atoms with Gasteiger partial charge in [-0.3, -0.25) is 14.7 Å². The van der Waals surface area contributed by atoms with E-state index in [-0.39, 0.29) is 11.7 Å². The molecule has 2 heterocycles. The molecule has 10 heteroatoms. The first-order chi connectivity index (χ1) is 14.0. The minimum atomic E-state index is -0.155.